The second-order valence-corrected chi connectivity index (χ2v) is 13.7. The number of nitrogens with one attached hydrogen (secondary N) is 1. The van der Waals surface area contributed by atoms with E-state index < -0.39 is 21.7 Å². The van der Waals surface area contributed by atoms with E-state index in [1.54, 1.807) is 29.1 Å². The number of nitrogens with zero attached hydrogens (tertiary/aromatic N) is 5. The summed E-state index contributed by atoms with van der Waals surface area (Å²) >= 11 is 0. The first-order valence-corrected chi connectivity index (χ1v) is 16.5. The summed E-state index contributed by atoms with van der Waals surface area (Å²) in [4.78, 5) is 14.8. The van der Waals surface area contributed by atoms with Gasteiger partial charge in [-0.1, -0.05) is 38.1 Å². The summed E-state index contributed by atoms with van der Waals surface area (Å²) in [5, 5.41) is 9.28. The number of aromatic nitrogens is 4. The summed E-state index contributed by atoms with van der Waals surface area (Å²) in [5.41, 5.74) is 9.60. The van der Waals surface area contributed by atoms with Crippen LogP contribution in [-0.4, -0.2) is 64.2 Å². The first-order chi connectivity index (χ1) is 20.5. The number of carbonyl (C=O) groups excluding carboxylic acids is 1. The topological polar surface area (TPSA) is 128 Å². The highest BCUT2D eigenvalue weighted by molar-refractivity contribution is 7.92. The van der Waals surface area contributed by atoms with Crippen molar-refractivity contribution in [1.29, 1.82) is 0 Å². The number of anilines is 1. The molecular formula is C31H40FN7O3S. The Bertz CT molecular complexity index is 1690. The molecule has 0 bridgehead atoms. The summed E-state index contributed by atoms with van der Waals surface area (Å²) < 4.78 is 45.9. The number of hydrogen-bond acceptors (Lipinski definition) is 6. The van der Waals surface area contributed by atoms with E-state index in [0.29, 0.717) is 53.6 Å². The molecule has 1 amide bonds. The van der Waals surface area contributed by atoms with Gasteiger partial charge in [-0.15, -0.1) is 5.10 Å². The Hall–Kier alpha value is -3.77. The maximum atomic E-state index is 14.3. The first-order valence-electron chi connectivity index (χ1n) is 14.9. The number of rotatable bonds is 12. The Morgan fingerprint density at radius 1 is 1.14 bits per heavy atom. The highest BCUT2D eigenvalue weighted by Gasteiger charge is 2.26. The average Bonchev–Trinajstić information content (AvgIpc) is 3.54. The van der Waals surface area contributed by atoms with E-state index in [4.69, 9.17) is 5.73 Å². The summed E-state index contributed by atoms with van der Waals surface area (Å²) in [6.07, 6.45) is 4.49. The number of likely N-dealkylation sites (tertiary alicyclic amines) is 1. The zero-order valence-electron chi connectivity index (χ0n) is 25.0. The number of fused-ring (bicyclic) bond motifs is 1. The lowest BCUT2D eigenvalue weighted by Crippen LogP contribution is -2.38. The van der Waals surface area contributed by atoms with Gasteiger partial charge < -0.3 is 15.2 Å². The lowest BCUT2D eigenvalue weighted by Gasteiger charge is -2.31. The van der Waals surface area contributed by atoms with Gasteiger partial charge in [0, 0.05) is 41.8 Å². The molecule has 3 heterocycles. The summed E-state index contributed by atoms with van der Waals surface area (Å²) in [6.45, 7) is 9.39. The number of benzene rings is 2. The molecule has 0 saturated carbocycles. The van der Waals surface area contributed by atoms with E-state index in [1.165, 1.54) is 12.1 Å². The minimum Gasteiger partial charge on any atom is -0.364 e. The number of hydrogen-bond donors (Lipinski definition) is 2. The average molecular weight is 610 g/mol. The molecule has 1 fully saturated rings. The number of sulfonamides is 1. The number of piperidine rings is 1. The Kier molecular flexibility index (Phi) is 9.16. The van der Waals surface area contributed by atoms with Crippen molar-refractivity contribution in [2.24, 2.45) is 17.6 Å². The van der Waals surface area contributed by atoms with Gasteiger partial charge in [0.15, 0.2) is 0 Å². The Morgan fingerprint density at radius 3 is 2.51 bits per heavy atom. The fourth-order valence-corrected chi connectivity index (χ4v) is 6.94. The first kappa shape index (κ1) is 30.7. The van der Waals surface area contributed by atoms with Gasteiger partial charge in [-0.25, -0.2) is 12.8 Å². The van der Waals surface area contributed by atoms with E-state index in [-0.39, 0.29) is 11.7 Å². The molecule has 0 aliphatic carbocycles. The number of primary amides is 1. The van der Waals surface area contributed by atoms with Crippen molar-refractivity contribution < 1.29 is 17.6 Å². The molecular weight excluding hydrogens is 569 g/mol. The molecule has 4 aromatic rings. The van der Waals surface area contributed by atoms with Crippen LogP contribution in [0.4, 0.5) is 10.1 Å². The molecule has 5 rings (SSSR count). The van der Waals surface area contributed by atoms with Gasteiger partial charge in [0.05, 0.1) is 11.9 Å². The third kappa shape index (κ3) is 7.24. The molecule has 12 heteroatoms. The molecule has 0 unspecified atom stereocenters. The smallest absolute Gasteiger partial charge is 0.266 e. The molecule has 3 N–H and O–H groups in total. The number of amides is 1. The summed E-state index contributed by atoms with van der Waals surface area (Å²) in [5.74, 6) is -0.386. The molecule has 1 aliphatic heterocycles. The van der Waals surface area contributed by atoms with Gasteiger partial charge in [-0.3, -0.25) is 14.2 Å². The predicted octanol–water partition coefficient (Wildman–Crippen LogP) is 4.51. The zero-order valence-corrected chi connectivity index (χ0v) is 25.8. The number of carbonyl (C=O) groups is 1. The normalized spacial score (nSPS) is 15.0. The molecule has 43 heavy (non-hydrogen) atoms. The third-order valence-electron chi connectivity index (χ3n) is 8.07. The zero-order chi connectivity index (χ0) is 30.7. The van der Waals surface area contributed by atoms with Crippen LogP contribution in [0.25, 0.3) is 22.2 Å². The van der Waals surface area contributed by atoms with Gasteiger partial charge in [-0.2, -0.15) is 0 Å². The van der Waals surface area contributed by atoms with Crippen LogP contribution in [0, 0.1) is 17.7 Å². The lowest BCUT2D eigenvalue weighted by atomic mass is 9.97. The van der Waals surface area contributed by atoms with E-state index >= 15 is 0 Å². The second kappa shape index (κ2) is 12.8. The van der Waals surface area contributed by atoms with Crippen LogP contribution >= 0.6 is 0 Å². The van der Waals surface area contributed by atoms with Crippen molar-refractivity contribution in [3.8, 4) is 11.3 Å². The summed E-state index contributed by atoms with van der Waals surface area (Å²) in [7, 11) is -3.44. The van der Waals surface area contributed by atoms with Crippen LogP contribution in [0.1, 0.15) is 49.7 Å². The minimum atomic E-state index is -3.44. The van der Waals surface area contributed by atoms with Crippen molar-refractivity contribution in [3.63, 3.8) is 0 Å². The van der Waals surface area contributed by atoms with Crippen LogP contribution in [0.2, 0.25) is 0 Å². The van der Waals surface area contributed by atoms with Crippen LogP contribution in [0.15, 0.2) is 48.7 Å². The van der Waals surface area contributed by atoms with E-state index in [1.807, 2.05) is 30.5 Å². The number of nitrogens with two attached hydrogens (primary N) is 1. The van der Waals surface area contributed by atoms with Crippen LogP contribution in [0.5, 0.6) is 0 Å². The quantitative estimate of drug-likeness (QED) is 0.243. The fraction of sp³-hybridized carbons (Fsp3) is 0.452. The second-order valence-electron chi connectivity index (χ2n) is 11.8. The molecule has 1 aliphatic rings. The Morgan fingerprint density at radius 2 is 1.86 bits per heavy atom. The van der Waals surface area contributed by atoms with Gasteiger partial charge in [-0.05, 0) is 80.1 Å². The summed E-state index contributed by atoms with van der Waals surface area (Å²) in [6, 6.07) is 11.9. The van der Waals surface area contributed by atoms with Crippen molar-refractivity contribution in [2.45, 2.75) is 53.1 Å². The molecule has 2 aromatic carbocycles. The highest BCUT2D eigenvalue weighted by atomic mass is 32.2. The van der Waals surface area contributed by atoms with Crippen LogP contribution in [-0.2, 0) is 29.5 Å². The third-order valence-corrected chi connectivity index (χ3v) is 9.33. The molecule has 0 spiro atoms. The fourth-order valence-electron chi connectivity index (χ4n) is 5.84. The van der Waals surface area contributed by atoms with Crippen LogP contribution < -0.4 is 10.5 Å². The largest absolute Gasteiger partial charge is 0.364 e. The Balaban J connectivity index is 1.21. The SMILES string of the molecule is CCc1ccc(NS(=O)(=O)CCN2CCC(Cn3cc(-c4c(C(N)=O)n(CC(C)C)c5ccc(F)cc45)nn3)CC2)cc1. The van der Waals surface area contributed by atoms with Crippen molar-refractivity contribution in [1.82, 2.24) is 24.5 Å². The van der Waals surface area contributed by atoms with E-state index in [0.717, 1.165) is 43.4 Å². The molecule has 10 nitrogen and oxygen atoms in total. The van der Waals surface area contributed by atoms with Gasteiger partial charge in [0.2, 0.25) is 10.0 Å². The minimum absolute atomic E-state index is 0.0346. The van der Waals surface area contributed by atoms with Crippen molar-refractivity contribution in [2.75, 3.05) is 30.1 Å². The number of aryl methyl sites for hydroxylation is 1. The standard InChI is InChI=1S/C31H40FN7O3S/c1-4-22-5-8-25(9-6-22)35-43(41,42)16-15-37-13-11-23(12-14-37)19-38-20-27(34-36-38)29-26-17-24(32)7-10-28(26)39(18-21(2)3)30(29)31(33)40/h5-10,17,20-21,23,35H,4,11-16,18-19H2,1-3H3,(H2,33,40). The van der Waals surface area contributed by atoms with Gasteiger partial charge >= 0.3 is 0 Å². The number of halogens is 1. The molecule has 0 atom stereocenters. The monoisotopic (exact) mass is 609 g/mol. The molecule has 2 aromatic heterocycles. The highest BCUT2D eigenvalue weighted by Crippen LogP contribution is 2.35. The van der Waals surface area contributed by atoms with Crippen molar-refractivity contribution in [3.05, 3.63) is 65.7 Å². The van der Waals surface area contributed by atoms with Crippen LogP contribution in [0.3, 0.4) is 0 Å². The predicted molar refractivity (Wildman–Crippen MR) is 167 cm³/mol. The maximum absolute atomic E-state index is 14.3. The van der Waals surface area contributed by atoms with E-state index in [9.17, 15) is 17.6 Å². The maximum Gasteiger partial charge on any atom is 0.266 e. The Labute approximate surface area is 252 Å². The molecule has 1 saturated heterocycles. The van der Waals surface area contributed by atoms with Crippen molar-refractivity contribution >= 4 is 32.5 Å². The van der Waals surface area contributed by atoms with Gasteiger partial charge in [0.25, 0.3) is 5.91 Å². The molecule has 0 radical (unpaired) electrons. The van der Waals surface area contributed by atoms with Gasteiger partial charge in [0.1, 0.15) is 17.2 Å². The lowest BCUT2D eigenvalue weighted by molar-refractivity contribution is 0.0992. The molecule has 230 valence electrons. The van der Waals surface area contributed by atoms with E-state index in [2.05, 4.69) is 26.9 Å².